The summed E-state index contributed by atoms with van der Waals surface area (Å²) in [6.45, 7) is 0. The van der Waals surface area contributed by atoms with Gasteiger partial charge in [0, 0.05) is 23.6 Å². The molecule has 0 spiro atoms. The predicted molar refractivity (Wildman–Crippen MR) is 64.2 cm³/mol. The van der Waals surface area contributed by atoms with Gasteiger partial charge in [0.05, 0.1) is 0 Å². The molecule has 0 atom stereocenters. The summed E-state index contributed by atoms with van der Waals surface area (Å²) >= 11 is 0. The second-order valence-electron chi connectivity index (χ2n) is 4.56. The fraction of sp³-hybridized carbons (Fsp3) is 0.429. The van der Waals surface area contributed by atoms with Crippen molar-refractivity contribution in [1.82, 2.24) is 4.57 Å². The maximum Gasteiger partial charge on any atom is 0.0482 e. The highest BCUT2D eigenvalue weighted by atomic mass is 14.9. The zero-order valence-corrected chi connectivity index (χ0v) is 9.29. The molecule has 0 fully saturated rings. The van der Waals surface area contributed by atoms with E-state index in [-0.39, 0.29) is 0 Å². The van der Waals surface area contributed by atoms with Gasteiger partial charge >= 0.3 is 0 Å². The summed E-state index contributed by atoms with van der Waals surface area (Å²) in [7, 11) is 2.21. The molecular weight excluding hydrogens is 182 g/mol. The van der Waals surface area contributed by atoms with Gasteiger partial charge in [-0.05, 0) is 37.3 Å². The third-order valence-electron chi connectivity index (χ3n) is 3.68. The van der Waals surface area contributed by atoms with Crippen LogP contribution >= 0.6 is 0 Å². The Hall–Kier alpha value is -1.24. The number of hydrogen-bond acceptors (Lipinski definition) is 0. The van der Waals surface area contributed by atoms with E-state index in [1.165, 1.54) is 43.0 Å². The lowest BCUT2D eigenvalue weighted by atomic mass is 10.1. The highest BCUT2D eigenvalue weighted by Gasteiger charge is 2.16. The molecule has 0 radical (unpaired) electrons. The molecule has 0 aliphatic heterocycles. The molecular formula is C14H17N. The maximum absolute atomic E-state index is 2.40. The normalized spacial score (nSPS) is 16.3. The van der Waals surface area contributed by atoms with Crippen molar-refractivity contribution in [1.29, 1.82) is 0 Å². The Kier molecular flexibility index (Phi) is 2.05. The molecule has 0 amide bonds. The molecule has 15 heavy (non-hydrogen) atoms. The van der Waals surface area contributed by atoms with Crippen molar-refractivity contribution in [2.24, 2.45) is 7.05 Å². The monoisotopic (exact) mass is 199 g/mol. The van der Waals surface area contributed by atoms with Crippen LogP contribution in [0.5, 0.6) is 0 Å². The molecule has 0 bridgehead atoms. The van der Waals surface area contributed by atoms with Crippen LogP contribution in [0.4, 0.5) is 0 Å². The van der Waals surface area contributed by atoms with Crippen molar-refractivity contribution in [2.75, 3.05) is 0 Å². The highest BCUT2D eigenvalue weighted by Crippen LogP contribution is 2.30. The average Bonchev–Trinajstić information content (AvgIpc) is 2.48. The van der Waals surface area contributed by atoms with Gasteiger partial charge < -0.3 is 4.57 Å². The quantitative estimate of drug-likeness (QED) is 0.573. The van der Waals surface area contributed by atoms with Gasteiger partial charge in [0.25, 0.3) is 0 Å². The molecule has 0 saturated heterocycles. The number of hydrogen-bond donors (Lipinski definition) is 0. The maximum atomic E-state index is 2.40. The van der Waals surface area contributed by atoms with Gasteiger partial charge in [-0.2, -0.15) is 0 Å². The van der Waals surface area contributed by atoms with E-state index < -0.39 is 0 Å². The first-order valence-corrected chi connectivity index (χ1v) is 5.93. The van der Waals surface area contributed by atoms with Crippen LogP contribution in [0.15, 0.2) is 24.3 Å². The lowest BCUT2D eigenvalue weighted by molar-refractivity contribution is 0.698. The van der Waals surface area contributed by atoms with Crippen molar-refractivity contribution in [3.05, 3.63) is 35.5 Å². The molecule has 1 heterocycles. The third-order valence-corrected chi connectivity index (χ3v) is 3.68. The minimum absolute atomic E-state index is 1.26. The van der Waals surface area contributed by atoms with Crippen molar-refractivity contribution in [3.8, 4) is 0 Å². The number of benzene rings is 1. The van der Waals surface area contributed by atoms with E-state index in [1.54, 1.807) is 11.3 Å². The molecule has 2 aromatic rings. The summed E-state index contributed by atoms with van der Waals surface area (Å²) in [5.41, 5.74) is 4.60. The lowest BCUT2D eigenvalue weighted by Crippen LogP contribution is -1.96. The predicted octanol–water partition coefficient (Wildman–Crippen LogP) is 3.45. The fourth-order valence-electron chi connectivity index (χ4n) is 2.89. The molecule has 0 saturated carbocycles. The molecule has 1 aromatic heterocycles. The zero-order valence-electron chi connectivity index (χ0n) is 9.29. The van der Waals surface area contributed by atoms with Crippen LogP contribution in [0.1, 0.15) is 30.5 Å². The molecule has 78 valence electrons. The summed E-state index contributed by atoms with van der Waals surface area (Å²) in [6.07, 6.45) is 6.65. The minimum Gasteiger partial charge on any atom is -0.347 e. The van der Waals surface area contributed by atoms with Gasteiger partial charge in [0.15, 0.2) is 0 Å². The van der Waals surface area contributed by atoms with E-state index in [1.807, 2.05) is 0 Å². The standard InChI is InChI=1S/C14H17N/c1-15-13-9-4-2-3-7-11(13)12-8-5-6-10-14(12)15/h5-6,8,10H,2-4,7,9H2,1H3. The summed E-state index contributed by atoms with van der Waals surface area (Å²) in [5.74, 6) is 0. The molecule has 0 unspecified atom stereocenters. The van der Waals surface area contributed by atoms with Crippen LogP contribution in [0, 0.1) is 0 Å². The van der Waals surface area contributed by atoms with Crippen LogP contribution < -0.4 is 0 Å². The first-order chi connectivity index (χ1) is 7.38. The SMILES string of the molecule is Cn1c2c(c3ccccc31)CCCCC2. The molecule has 1 heteroatoms. The second kappa shape index (κ2) is 3.41. The molecule has 1 aromatic carbocycles. The van der Waals surface area contributed by atoms with Gasteiger partial charge in [0.1, 0.15) is 0 Å². The number of rotatable bonds is 0. The van der Waals surface area contributed by atoms with Crippen LogP contribution in [-0.4, -0.2) is 4.57 Å². The van der Waals surface area contributed by atoms with E-state index in [0.717, 1.165) is 0 Å². The Morgan fingerprint density at radius 2 is 1.80 bits per heavy atom. The molecule has 1 nitrogen and oxygen atoms in total. The fourth-order valence-corrected chi connectivity index (χ4v) is 2.89. The number of para-hydroxylation sites is 1. The Balaban J connectivity index is 2.32. The van der Waals surface area contributed by atoms with Crippen LogP contribution in [0.25, 0.3) is 10.9 Å². The van der Waals surface area contributed by atoms with Gasteiger partial charge in [-0.15, -0.1) is 0 Å². The van der Waals surface area contributed by atoms with Crippen LogP contribution in [-0.2, 0) is 19.9 Å². The number of aromatic nitrogens is 1. The van der Waals surface area contributed by atoms with Crippen molar-refractivity contribution in [2.45, 2.75) is 32.1 Å². The third kappa shape index (κ3) is 1.30. The zero-order chi connectivity index (χ0) is 10.3. The van der Waals surface area contributed by atoms with E-state index in [2.05, 4.69) is 35.9 Å². The first kappa shape index (κ1) is 9.02. The van der Waals surface area contributed by atoms with Crippen molar-refractivity contribution in [3.63, 3.8) is 0 Å². The smallest absolute Gasteiger partial charge is 0.0482 e. The Morgan fingerprint density at radius 3 is 2.73 bits per heavy atom. The van der Waals surface area contributed by atoms with E-state index >= 15 is 0 Å². The minimum atomic E-state index is 1.26. The second-order valence-corrected chi connectivity index (χ2v) is 4.56. The summed E-state index contributed by atoms with van der Waals surface area (Å²) in [5, 5.41) is 1.48. The molecule has 0 N–H and O–H groups in total. The van der Waals surface area contributed by atoms with Gasteiger partial charge in [-0.1, -0.05) is 24.6 Å². The molecule has 3 rings (SSSR count). The topological polar surface area (TPSA) is 4.93 Å². The highest BCUT2D eigenvalue weighted by molar-refractivity contribution is 5.85. The van der Waals surface area contributed by atoms with Gasteiger partial charge in [-0.25, -0.2) is 0 Å². The average molecular weight is 199 g/mol. The van der Waals surface area contributed by atoms with E-state index in [9.17, 15) is 0 Å². The van der Waals surface area contributed by atoms with Crippen LogP contribution in [0.3, 0.4) is 0 Å². The van der Waals surface area contributed by atoms with E-state index in [0.29, 0.717) is 0 Å². The Morgan fingerprint density at radius 1 is 1.00 bits per heavy atom. The largest absolute Gasteiger partial charge is 0.347 e. The molecule has 1 aliphatic carbocycles. The number of aryl methyl sites for hydroxylation is 2. The first-order valence-electron chi connectivity index (χ1n) is 5.93. The molecule has 1 aliphatic rings. The Bertz CT molecular complexity index is 493. The van der Waals surface area contributed by atoms with Crippen LogP contribution in [0.2, 0.25) is 0 Å². The van der Waals surface area contributed by atoms with E-state index in [4.69, 9.17) is 0 Å². The number of fused-ring (bicyclic) bond motifs is 3. The summed E-state index contributed by atoms with van der Waals surface area (Å²) in [6, 6.07) is 8.82. The lowest BCUT2D eigenvalue weighted by Gasteiger charge is -2.02. The number of nitrogens with zero attached hydrogens (tertiary/aromatic N) is 1. The Labute approximate surface area is 90.7 Å². The summed E-state index contributed by atoms with van der Waals surface area (Å²) in [4.78, 5) is 0. The van der Waals surface area contributed by atoms with Crippen molar-refractivity contribution >= 4 is 10.9 Å². The summed E-state index contributed by atoms with van der Waals surface area (Å²) < 4.78 is 2.40. The van der Waals surface area contributed by atoms with Gasteiger partial charge in [-0.3, -0.25) is 0 Å². The van der Waals surface area contributed by atoms with Crippen molar-refractivity contribution < 1.29 is 0 Å². The van der Waals surface area contributed by atoms with Gasteiger partial charge in [0.2, 0.25) is 0 Å².